The maximum atomic E-state index is 12.3. The number of amides is 3. The highest BCUT2D eigenvalue weighted by Gasteiger charge is 2.35. The number of carbonyl (C=O) groups excluding carboxylic acids is 2. The average molecular weight is 355 g/mol. The van der Waals surface area contributed by atoms with E-state index >= 15 is 0 Å². The Morgan fingerprint density at radius 2 is 1.71 bits per heavy atom. The van der Waals surface area contributed by atoms with E-state index in [9.17, 15) is 9.59 Å². The molecule has 1 aliphatic heterocycles. The van der Waals surface area contributed by atoms with Crippen molar-refractivity contribution in [3.63, 3.8) is 0 Å². The summed E-state index contributed by atoms with van der Waals surface area (Å²) in [5, 5.41) is 8.09. The quantitative estimate of drug-likeness (QED) is 0.605. The van der Waals surface area contributed by atoms with Crippen molar-refractivity contribution < 1.29 is 14.3 Å². The second kappa shape index (κ2) is 9.27. The molecule has 132 valence electrons. The smallest absolute Gasteiger partial charge is 0.319 e. The van der Waals surface area contributed by atoms with Gasteiger partial charge in [0.05, 0.1) is 0 Å². The van der Waals surface area contributed by atoms with Crippen LogP contribution in [0.1, 0.15) is 12.8 Å². The predicted octanol–water partition coefficient (Wildman–Crippen LogP) is 1.86. The lowest BCUT2D eigenvalue weighted by atomic mass is 9.90. The first-order chi connectivity index (χ1) is 11.0. The Bertz CT molecular complexity index is 571. The van der Waals surface area contributed by atoms with Gasteiger partial charge in [-0.25, -0.2) is 4.79 Å². The lowest BCUT2D eigenvalue weighted by Crippen LogP contribution is -2.54. The highest BCUT2D eigenvalue weighted by Crippen LogP contribution is 2.21. The van der Waals surface area contributed by atoms with E-state index in [2.05, 4.69) is 22.5 Å². The van der Waals surface area contributed by atoms with Gasteiger partial charge in [-0.1, -0.05) is 6.08 Å². The Morgan fingerprint density at radius 3 is 2.25 bits per heavy atom. The van der Waals surface area contributed by atoms with E-state index in [1.165, 1.54) is 0 Å². The summed E-state index contributed by atoms with van der Waals surface area (Å²) < 4.78 is 5.23. The van der Waals surface area contributed by atoms with Gasteiger partial charge in [0.1, 0.15) is 5.54 Å². The first kappa shape index (κ1) is 20.0. The summed E-state index contributed by atoms with van der Waals surface area (Å²) in [6.07, 6.45) is 2.60. The minimum absolute atomic E-state index is 0. The fraction of sp³-hybridized carbons (Fsp3) is 0.375. The first-order valence-electron chi connectivity index (χ1n) is 7.47. The Labute approximate surface area is 147 Å². The molecule has 0 bridgehead atoms. The average Bonchev–Trinajstić information content (AvgIpc) is 2.55. The highest BCUT2D eigenvalue weighted by atomic mass is 35.5. The van der Waals surface area contributed by atoms with E-state index < -0.39 is 5.54 Å². The van der Waals surface area contributed by atoms with Crippen molar-refractivity contribution in [1.29, 1.82) is 0 Å². The summed E-state index contributed by atoms with van der Waals surface area (Å²) in [5.74, 6) is -0.217. The van der Waals surface area contributed by atoms with Gasteiger partial charge < -0.3 is 26.4 Å². The van der Waals surface area contributed by atoms with Gasteiger partial charge in [0, 0.05) is 31.1 Å². The lowest BCUT2D eigenvalue weighted by Gasteiger charge is -2.31. The largest absolute Gasteiger partial charge is 0.381 e. The number of ether oxygens (including phenoxy) is 1. The van der Waals surface area contributed by atoms with E-state index in [1.807, 2.05) is 0 Å². The molecule has 3 amide bonds. The van der Waals surface area contributed by atoms with Crippen LogP contribution >= 0.6 is 12.4 Å². The van der Waals surface area contributed by atoms with Gasteiger partial charge >= 0.3 is 6.03 Å². The Balaban J connectivity index is 0.00000288. The minimum atomic E-state index is -0.889. The number of nitrogens with one attached hydrogen (secondary N) is 3. The molecule has 5 N–H and O–H groups in total. The van der Waals surface area contributed by atoms with Gasteiger partial charge in [-0.15, -0.1) is 19.0 Å². The van der Waals surface area contributed by atoms with Crippen molar-refractivity contribution in [1.82, 2.24) is 5.32 Å². The Kier molecular flexibility index (Phi) is 7.70. The maximum absolute atomic E-state index is 12.3. The summed E-state index contributed by atoms with van der Waals surface area (Å²) in [7, 11) is 0. The van der Waals surface area contributed by atoms with Crippen LogP contribution in [0.3, 0.4) is 0 Å². The molecule has 7 nitrogen and oxygen atoms in total. The summed E-state index contributed by atoms with van der Waals surface area (Å²) in [6.45, 7) is 4.90. The maximum Gasteiger partial charge on any atom is 0.319 e. The number of urea groups is 1. The number of carbonyl (C=O) groups is 2. The van der Waals surface area contributed by atoms with E-state index in [1.54, 1.807) is 30.3 Å². The molecule has 0 saturated carbocycles. The van der Waals surface area contributed by atoms with E-state index in [-0.39, 0.29) is 24.3 Å². The third kappa shape index (κ3) is 5.52. The molecule has 1 aliphatic rings. The fourth-order valence-electron chi connectivity index (χ4n) is 2.20. The molecular weight excluding hydrogens is 332 g/mol. The molecule has 1 aromatic rings. The van der Waals surface area contributed by atoms with Gasteiger partial charge in [-0.05, 0) is 37.1 Å². The topological polar surface area (TPSA) is 105 Å². The molecule has 1 saturated heterocycles. The van der Waals surface area contributed by atoms with Crippen LogP contribution in [0.15, 0.2) is 36.9 Å². The van der Waals surface area contributed by atoms with E-state index in [0.29, 0.717) is 44.0 Å². The molecular formula is C16H23ClN4O3. The van der Waals surface area contributed by atoms with Crippen LogP contribution in [0.4, 0.5) is 16.2 Å². The van der Waals surface area contributed by atoms with Crippen molar-refractivity contribution >= 4 is 35.7 Å². The van der Waals surface area contributed by atoms with Gasteiger partial charge in [0.2, 0.25) is 5.91 Å². The number of benzene rings is 1. The molecule has 0 spiro atoms. The van der Waals surface area contributed by atoms with Crippen LogP contribution in [-0.2, 0) is 9.53 Å². The second-order valence-electron chi connectivity index (χ2n) is 5.42. The second-order valence-corrected chi connectivity index (χ2v) is 5.42. The third-order valence-electron chi connectivity index (χ3n) is 3.64. The van der Waals surface area contributed by atoms with Crippen LogP contribution in [0.25, 0.3) is 0 Å². The van der Waals surface area contributed by atoms with Crippen molar-refractivity contribution in [3.05, 3.63) is 36.9 Å². The number of rotatable bonds is 5. The number of hydrogen-bond donors (Lipinski definition) is 4. The van der Waals surface area contributed by atoms with Crippen molar-refractivity contribution in [2.24, 2.45) is 5.73 Å². The van der Waals surface area contributed by atoms with Crippen LogP contribution in [0.5, 0.6) is 0 Å². The molecule has 0 atom stereocenters. The number of nitrogens with two attached hydrogens (primary N) is 1. The zero-order chi connectivity index (χ0) is 16.7. The monoisotopic (exact) mass is 354 g/mol. The third-order valence-corrected chi connectivity index (χ3v) is 3.64. The molecule has 0 aromatic heterocycles. The first-order valence-corrected chi connectivity index (χ1v) is 7.47. The van der Waals surface area contributed by atoms with Crippen LogP contribution in [0.2, 0.25) is 0 Å². The SMILES string of the molecule is C=CCNC(=O)Nc1ccc(NC(=O)C2(N)CCOCC2)cc1.Cl. The normalized spacial score (nSPS) is 15.5. The predicted molar refractivity (Wildman–Crippen MR) is 96.5 cm³/mol. The van der Waals surface area contributed by atoms with Crippen LogP contribution < -0.4 is 21.7 Å². The van der Waals surface area contributed by atoms with Gasteiger partial charge in [0.25, 0.3) is 0 Å². The number of halogens is 1. The van der Waals surface area contributed by atoms with E-state index in [0.717, 1.165) is 0 Å². The molecule has 1 fully saturated rings. The van der Waals surface area contributed by atoms with Crippen LogP contribution in [0, 0.1) is 0 Å². The van der Waals surface area contributed by atoms with Gasteiger partial charge in [0.15, 0.2) is 0 Å². The Hall–Kier alpha value is -2.09. The zero-order valence-corrected chi connectivity index (χ0v) is 14.2. The van der Waals surface area contributed by atoms with Crippen molar-refractivity contribution in [2.75, 3.05) is 30.4 Å². The number of hydrogen-bond acceptors (Lipinski definition) is 4. The molecule has 0 radical (unpaired) electrons. The summed E-state index contributed by atoms with van der Waals surface area (Å²) in [5.41, 5.74) is 6.49. The summed E-state index contributed by atoms with van der Waals surface area (Å²) >= 11 is 0. The molecule has 0 unspecified atom stereocenters. The van der Waals surface area contributed by atoms with Crippen LogP contribution in [-0.4, -0.2) is 37.2 Å². The highest BCUT2D eigenvalue weighted by molar-refractivity contribution is 5.98. The lowest BCUT2D eigenvalue weighted by molar-refractivity contribution is -0.124. The molecule has 0 aliphatic carbocycles. The fourth-order valence-corrected chi connectivity index (χ4v) is 2.20. The number of anilines is 2. The minimum Gasteiger partial charge on any atom is -0.381 e. The molecule has 1 aromatic carbocycles. The molecule has 1 heterocycles. The van der Waals surface area contributed by atoms with Crippen molar-refractivity contribution in [2.45, 2.75) is 18.4 Å². The summed E-state index contributed by atoms with van der Waals surface area (Å²) in [4.78, 5) is 23.8. The Morgan fingerprint density at radius 1 is 1.17 bits per heavy atom. The standard InChI is InChI=1S/C16H22N4O3.ClH/c1-2-9-18-15(22)20-13-5-3-12(4-6-13)19-14(21)16(17)7-10-23-11-8-16;/h2-6H,1,7-11,17H2,(H,19,21)(H2,18,20,22);1H. The van der Waals surface area contributed by atoms with Crippen molar-refractivity contribution in [3.8, 4) is 0 Å². The summed E-state index contributed by atoms with van der Waals surface area (Å²) in [6, 6.07) is 6.52. The molecule has 24 heavy (non-hydrogen) atoms. The van der Waals surface area contributed by atoms with Gasteiger partial charge in [-0.3, -0.25) is 4.79 Å². The van der Waals surface area contributed by atoms with E-state index in [4.69, 9.17) is 10.5 Å². The molecule has 8 heteroatoms. The van der Waals surface area contributed by atoms with Gasteiger partial charge in [-0.2, -0.15) is 0 Å². The molecule has 2 rings (SSSR count). The zero-order valence-electron chi connectivity index (χ0n) is 13.3.